The lowest BCUT2D eigenvalue weighted by Crippen LogP contribution is -2.42. The molecule has 7 nitrogen and oxygen atoms in total. The number of fused-ring (bicyclic) bond motifs is 1. The molecule has 0 spiro atoms. The van der Waals surface area contributed by atoms with Crippen LogP contribution in [0.4, 0.5) is 5.82 Å². The molecule has 0 amide bonds. The number of hydrogen-bond acceptors (Lipinski definition) is 6. The Morgan fingerprint density at radius 2 is 2.33 bits per heavy atom. The van der Waals surface area contributed by atoms with Crippen molar-refractivity contribution in [2.45, 2.75) is 32.4 Å². The highest BCUT2D eigenvalue weighted by Gasteiger charge is 2.20. The molecule has 1 fully saturated rings. The number of nitrogens with zero attached hydrogens (tertiary/aromatic N) is 5. The normalized spacial score (nSPS) is 20.0. The van der Waals surface area contributed by atoms with E-state index in [1.165, 1.54) is 13.0 Å². The Morgan fingerprint density at radius 3 is 3.14 bits per heavy atom. The molecule has 114 valence electrons. The van der Waals surface area contributed by atoms with Gasteiger partial charge >= 0.3 is 0 Å². The fraction of sp³-hybridized carbons (Fsp3) is 0.643. The van der Waals surface area contributed by atoms with Crippen molar-refractivity contribution in [3.05, 3.63) is 12.5 Å². The van der Waals surface area contributed by atoms with Crippen LogP contribution in [0.15, 0.2) is 12.5 Å². The second-order valence-corrected chi connectivity index (χ2v) is 5.43. The van der Waals surface area contributed by atoms with Crippen molar-refractivity contribution >= 4 is 16.9 Å². The van der Waals surface area contributed by atoms with Gasteiger partial charge in [0.2, 0.25) is 0 Å². The van der Waals surface area contributed by atoms with Gasteiger partial charge in [-0.2, -0.15) is 5.10 Å². The number of aliphatic hydroxyl groups is 1. The van der Waals surface area contributed by atoms with E-state index in [-0.39, 0.29) is 6.61 Å². The van der Waals surface area contributed by atoms with E-state index in [0.717, 1.165) is 36.4 Å². The first kappa shape index (κ1) is 14.2. The number of hydrogen-bond donors (Lipinski definition) is 2. The minimum atomic E-state index is 0.0532. The van der Waals surface area contributed by atoms with Crippen LogP contribution in [-0.2, 0) is 6.54 Å². The van der Waals surface area contributed by atoms with Crippen LogP contribution in [0, 0.1) is 0 Å². The summed E-state index contributed by atoms with van der Waals surface area (Å²) in [5.74, 6) is 0.840. The van der Waals surface area contributed by atoms with Gasteiger partial charge in [0.25, 0.3) is 0 Å². The molecule has 0 aromatic carbocycles. The van der Waals surface area contributed by atoms with Crippen molar-refractivity contribution in [1.82, 2.24) is 24.6 Å². The van der Waals surface area contributed by atoms with Crippen molar-refractivity contribution in [3.8, 4) is 0 Å². The minimum Gasteiger partial charge on any atom is -0.394 e. The predicted molar refractivity (Wildman–Crippen MR) is 81.2 cm³/mol. The SMILES string of the molecule is CCN1CCC[C@@H](Nc2ncnc3c2cnn3CCO)C1. The standard InChI is InChI=1S/C14H22N6O/c1-2-19-5-3-4-11(9-19)18-13-12-8-17-20(6-7-21)14(12)16-10-15-13/h8,10-11,21H,2-7,9H2,1H3,(H,15,16,18)/t11-/m1/s1. The molecule has 0 bridgehead atoms. The third kappa shape index (κ3) is 2.98. The first-order valence-electron chi connectivity index (χ1n) is 7.58. The molecule has 21 heavy (non-hydrogen) atoms. The van der Waals surface area contributed by atoms with Crippen LogP contribution in [0.3, 0.4) is 0 Å². The summed E-state index contributed by atoms with van der Waals surface area (Å²) in [6.45, 7) is 6.02. The number of nitrogens with one attached hydrogen (secondary N) is 1. The number of anilines is 1. The summed E-state index contributed by atoms with van der Waals surface area (Å²) in [5.41, 5.74) is 0.768. The van der Waals surface area contributed by atoms with E-state index in [4.69, 9.17) is 5.11 Å². The first-order valence-corrected chi connectivity index (χ1v) is 7.58. The van der Waals surface area contributed by atoms with E-state index < -0.39 is 0 Å². The van der Waals surface area contributed by atoms with Crippen LogP contribution in [-0.4, -0.2) is 62.0 Å². The van der Waals surface area contributed by atoms with Gasteiger partial charge in [-0.3, -0.25) is 0 Å². The molecule has 0 aliphatic carbocycles. The molecule has 3 heterocycles. The van der Waals surface area contributed by atoms with Gasteiger partial charge < -0.3 is 15.3 Å². The van der Waals surface area contributed by atoms with Crippen LogP contribution >= 0.6 is 0 Å². The van der Waals surface area contributed by atoms with Crippen molar-refractivity contribution in [3.63, 3.8) is 0 Å². The molecule has 7 heteroatoms. The highest BCUT2D eigenvalue weighted by Crippen LogP contribution is 2.21. The lowest BCUT2D eigenvalue weighted by molar-refractivity contribution is 0.226. The average Bonchev–Trinajstić information content (AvgIpc) is 2.92. The Bertz CT molecular complexity index is 598. The Hall–Kier alpha value is -1.73. The molecule has 1 saturated heterocycles. The first-order chi connectivity index (χ1) is 10.3. The Kier molecular flexibility index (Phi) is 4.31. The maximum Gasteiger partial charge on any atom is 0.163 e. The predicted octanol–water partition coefficient (Wildman–Crippen LogP) is 0.715. The topological polar surface area (TPSA) is 79.1 Å². The molecule has 2 aromatic heterocycles. The quantitative estimate of drug-likeness (QED) is 0.844. The van der Waals surface area contributed by atoms with Crippen molar-refractivity contribution in [2.24, 2.45) is 0 Å². The Morgan fingerprint density at radius 1 is 1.43 bits per heavy atom. The van der Waals surface area contributed by atoms with Gasteiger partial charge in [0, 0.05) is 12.6 Å². The molecule has 0 saturated carbocycles. The van der Waals surface area contributed by atoms with E-state index in [1.807, 2.05) is 0 Å². The molecule has 0 unspecified atom stereocenters. The van der Waals surface area contributed by atoms with E-state index in [0.29, 0.717) is 12.6 Å². The van der Waals surface area contributed by atoms with E-state index >= 15 is 0 Å². The van der Waals surface area contributed by atoms with Gasteiger partial charge in [-0.05, 0) is 25.9 Å². The number of likely N-dealkylation sites (tertiary alicyclic amines) is 1. The molecule has 2 aromatic rings. The van der Waals surface area contributed by atoms with Crippen LogP contribution < -0.4 is 5.32 Å². The smallest absolute Gasteiger partial charge is 0.163 e. The molecule has 1 atom stereocenters. The summed E-state index contributed by atoms with van der Waals surface area (Å²) in [4.78, 5) is 11.1. The van der Waals surface area contributed by atoms with Crippen LogP contribution in [0.2, 0.25) is 0 Å². The number of rotatable bonds is 5. The number of aromatic nitrogens is 4. The second kappa shape index (κ2) is 6.36. The maximum atomic E-state index is 9.06. The molecule has 1 aliphatic heterocycles. The van der Waals surface area contributed by atoms with E-state index in [2.05, 4.69) is 32.2 Å². The third-order valence-corrected chi connectivity index (χ3v) is 4.04. The van der Waals surface area contributed by atoms with Gasteiger partial charge in [0.05, 0.1) is 24.7 Å². The lowest BCUT2D eigenvalue weighted by atomic mass is 10.1. The maximum absolute atomic E-state index is 9.06. The summed E-state index contributed by atoms with van der Waals surface area (Å²) >= 11 is 0. The largest absolute Gasteiger partial charge is 0.394 e. The Balaban J connectivity index is 1.80. The number of piperidine rings is 1. The molecule has 1 aliphatic rings. The minimum absolute atomic E-state index is 0.0532. The summed E-state index contributed by atoms with van der Waals surface area (Å²) in [5, 5.41) is 17.8. The highest BCUT2D eigenvalue weighted by molar-refractivity contribution is 5.86. The third-order valence-electron chi connectivity index (χ3n) is 4.04. The molecule has 0 radical (unpaired) electrons. The zero-order valence-corrected chi connectivity index (χ0v) is 12.4. The average molecular weight is 290 g/mol. The van der Waals surface area contributed by atoms with Crippen LogP contribution in [0.25, 0.3) is 11.0 Å². The van der Waals surface area contributed by atoms with E-state index in [1.54, 1.807) is 17.2 Å². The number of likely N-dealkylation sites (N-methyl/N-ethyl adjacent to an activating group) is 1. The summed E-state index contributed by atoms with van der Waals surface area (Å²) in [7, 11) is 0. The fourth-order valence-electron chi connectivity index (χ4n) is 2.92. The lowest BCUT2D eigenvalue weighted by Gasteiger charge is -2.32. The van der Waals surface area contributed by atoms with Gasteiger partial charge in [-0.15, -0.1) is 0 Å². The molecular weight excluding hydrogens is 268 g/mol. The van der Waals surface area contributed by atoms with Gasteiger partial charge in [0.15, 0.2) is 5.65 Å². The highest BCUT2D eigenvalue weighted by atomic mass is 16.3. The second-order valence-electron chi connectivity index (χ2n) is 5.43. The summed E-state index contributed by atoms with van der Waals surface area (Å²) < 4.78 is 1.71. The van der Waals surface area contributed by atoms with Crippen LogP contribution in [0.1, 0.15) is 19.8 Å². The van der Waals surface area contributed by atoms with Gasteiger partial charge in [0.1, 0.15) is 12.1 Å². The monoisotopic (exact) mass is 290 g/mol. The molecular formula is C14H22N6O. The van der Waals surface area contributed by atoms with Crippen molar-refractivity contribution < 1.29 is 5.11 Å². The zero-order chi connectivity index (χ0) is 14.7. The van der Waals surface area contributed by atoms with Gasteiger partial charge in [-0.25, -0.2) is 14.6 Å². The molecule has 3 rings (SSSR count). The fourth-order valence-corrected chi connectivity index (χ4v) is 2.92. The van der Waals surface area contributed by atoms with Crippen molar-refractivity contribution in [2.75, 3.05) is 31.6 Å². The summed E-state index contributed by atoms with van der Waals surface area (Å²) in [6.07, 6.45) is 5.70. The van der Waals surface area contributed by atoms with Gasteiger partial charge in [-0.1, -0.05) is 6.92 Å². The van der Waals surface area contributed by atoms with E-state index in [9.17, 15) is 0 Å². The van der Waals surface area contributed by atoms with Crippen molar-refractivity contribution in [1.29, 1.82) is 0 Å². The summed E-state index contributed by atoms with van der Waals surface area (Å²) in [6, 6.07) is 0.415. The zero-order valence-electron chi connectivity index (χ0n) is 12.4. The number of aliphatic hydroxyl groups excluding tert-OH is 1. The molecule has 2 N–H and O–H groups in total. The van der Waals surface area contributed by atoms with Crippen LogP contribution in [0.5, 0.6) is 0 Å². The Labute approximate surface area is 124 Å².